The SMILES string of the molecule is O=[N+]([O-])CO[Cl+3]([O-])([O-])[O-].[H-].[Li+]. The first-order valence-electron chi connectivity index (χ1n) is 1.59. The monoisotopic (exact) mass is 167 g/mol. The molecule has 0 rings (SSSR count). The summed E-state index contributed by atoms with van der Waals surface area (Å²) in [5, 5.41) is 9.32. The molecule has 0 heterocycles. The van der Waals surface area contributed by atoms with Crippen molar-refractivity contribution in [1.82, 2.24) is 0 Å². The van der Waals surface area contributed by atoms with Crippen LogP contribution in [0.15, 0.2) is 0 Å². The van der Waals surface area contributed by atoms with Crippen LogP contribution in [0.3, 0.4) is 0 Å². The molecule has 0 atom stereocenters. The van der Waals surface area contributed by atoms with Crippen molar-refractivity contribution in [3.63, 3.8) is 0 Å². The van der Waals surface area contributed by atoms with Gasteiger partial charge < -0.3 is 1.43 Å². The first-order chi connectivity index (χ1) is 3.92. The Morgan fingerprint density at radius 2 is 1.90 bits per heavy atom. The number of halogens is 1. The second kappa shape index (κ2) is 4.87. The van der Waals surface area contributed by atoms with Gasteiger partial charge in [-0.2, -0.15) is 14.0 Å². The Morgan fingerprint density at radius 1 is 1.50 bits per heavy atom. The second-order valence-electron chi connectivity index (χ2n) is 0.949. The predicted molar refractivity (Wildman–Crippen MR) is 14.1 cm³/mol. The third-order valence-corrected chi connectivity index (χ3v) is 0.653. The smallest absolute Gasteiger partial charge is 1.00 e. The molecule has 0 saturated carbocycles. The molecule has 0 aliphatic rings. The number of nitro groups is 1. The summed E-state index contributed by atoms with van der Waals surface area (Å²) >= 11 is 0. The molecular weight excluding hydrogens is 164 g/mol. The van der Waals surface area contributed by atoms with Crippen LogP contribution in [0.4, 0.5) is 0 Å². The molecule has 0 aliphatic carbocycles. The van der Waals surface area contributed by atoms with E-state index in [1.54, 1.807) is 0 Å². The molecule has 0 aromatic carbocycles. The molecule has 0 unspecified atom stereocenters. The van der Waals surface area contributed by atoms with E-state index in [0.29, 0.717) is 0 Å². The van der Waals surface area contributed by atoms with Crippen molar-refractivity contribution in [1.29, 1.82) is 0 Å². The quantitative estimate of drug-likeness (QED) is 0.178. The standard InChI is InChI=1S/CH2ClNO6.Li.H/c4-2(5,6)9-1-3(7)8;;/h1H2;;/q;+1;-1. The van der Waals surface area contributed by atoms with E-state index in [1.807, 2.05) is 0 Å². The van der Waals surface area contributed by atoms with Crippen LogP contribution in [0.2, 0.25) is 0 Å². The van der Waals surface area contributed by atoms with Gasteiger partial charge in [0, 0.05) is 0 Å². The van der Waals surface area contributed by atoms with Crippen LogP contribution in [-0.4, -0.2) is 11.7 Å². The zero-order valence-corrected chi connectivity index (χ0v) is 5.74. The number of rotatable bonds is 3. The van der Waals surface area contributed by atoms with Gasteiger partial charge in [-0.05, 0) is 0 Å². The zero-order chi connectivity index (χ0) is 7.49. The van der Waals surface area contributed by atoms with E-state index in [0.717, 1.165) is 0 Å². The Bertz CT molecular complexity index is 116. The summed E-state index contributed by atoms with van der Waals surface area (Å²) in [4.78, 5) is 8.24. The molecule has 56 valence electrons. The molecule has 0 radical (unpaired) electrons. The number of nitrogens with zero attached hydrogens (tertiary/aromatic N) is 1. The summed E-state index contributed by atoms with van der Waals surface area (Å²) in [7, 11) is -4.66. The fourth-order valence-electron chi connectivity index (χ4n) is 0.0996. The zero-order valence-electron chi connectivity index (χ0n) is 5.98. The summed E-state index contributed by atoms with van der Waals surface area (Å²) < 4.78 is 31.5. The van der Waals surface area contributed by atoms with Gasteiger partial charge in [0.05, 0.1) is 15.2 Å². The van der Waals surface area contributed by atoms with Crippen LogP contribution >= 0.6 is 0 Å². The molecule has 0 saturated heterocycles. The van der Waals surface area contributed by atoms with Crippen molar-refractivity contribution < 1.29 is 53.7 Å². The van der Waals surface area contributed by atoms with Gasteiger partial charge in [-0.15, -0.1) is 0 Å². The maximum Gasteiger partial charge on any atom is 1.00 e. The molecule has 0 N–H and O–H groups in total. The fourth-order valence-corrected chi connectivity index (χ4v) is 0.299. The predicted octanol–water partition coefficient (Wildman–Crippen LogP) is -6.75. The van der Waals surface area contributed by atoms with Gasteiger partial charge in [0.25, 0.3) is 0 Å². The van der Waals surface area contributed by atoms with Crippen molar-refractivity contribution in [3.8, 4) is 0 Å². The van der Waals surface area contributed by atoms with E-state index in [1.165, 1.54) is 0 Å². The van der Waals surface area contributed by atoms with Crippen molar-refractivity contribution in [2.45, 2.75) is 0 Å². The van der Waals surface area contributed by atoms with E-state index in [9.17, 15) is 24.1 Å². The molecule has 0 amide bonds. The van der Waals surface area contributed by atoms with E-state index in [-0.39, 0.29) is 20.3 Å². The topological polar surface area (TPSA) is 122 Å². The maximum absolute atomic E-state index is 9.43. The molecule has 0 aromatic rings. The van der Waals surface area contributed by atoms with Gasteiger partial charge in [-0.25, -0.2) is 0 Å². The van der Waals surface area contributed by atoms with Crippen molar-refractivity contribution >= 4 is 0 Å². The average Bonchev–Trinajstić information content (AvgIpc) is 1.59. The Kier molecular flexibility index (Phi) is 6.22. The fraction of sp³-hybridized carbons (Fsp3) is 1.00. The Hall–Kier alpha value is 0.127. The van der Waals surface area contributed by atoms with E-state index < -0.39 is 21.9 Å². The van der Waals surface area contributed by atoms with Gasteiger partial charge in [0.15, 0.2) is 0 Å². The van der Waals surface area contributed by atoms with Gasteiger partial charge in [0.1, 0.15) is 4.29 Å². The minimum absolute atomic E-state index is 0. The molecule has 0 fully saturated rings. The summed E-state index contributed by atoms with van der Waals surface area (Å²) in [6.45, 7) is -1.33. The van der Waals surface area contributed by atoms with E-state index >= 15 is 0 Å². The molecular formula is CH3ClLiNO6. The molecule has 0 spiro atoms. The van der Waals surface area contributed by atoms with Crippen molar-refractivity contribution in [2.75, 3.05) is 6.73 Å². The summed E-state index contributed by atoms with van der Waals surface area (Å²) in [6, 6.07) is 0. The van der Waals surface area contributed by atoms with Crippen molar-refractivity contribution in [2.24, 2.45) is 0 Å². The van der Waals surface area contributed by atoms with Crippen LogP contribution in [0.25, 0.3) is 0 Å². The maximum atomic E-state index is 9.43. The van der Waals surface area contributed by atoms with Crippen molar-refractivity contribution in [3.05, 3.63) is 10.1 Å². The van der Waals surface area contributed by atoms with E-state index in [2.05, 4.69) is 4.29 Å². The first-order valence-corrected chi connectivity index (χ1v) is 2.82. The minimum Gasteiger partial charge on any atom is -1.00 e. The van der Waals surface area contributed by atoms with Gasteiger partial charge in [0.2, 0.25) is 0 Å². The van der Waals surface area contributed by atoms with Crippen LogP contribution < -0.4 is 32.8 Å². The summed E-state index contributed by atoms with van der Waals surface area (Å²) in [6.07, 6.45) is 0. The van der Waals surface area contributed by atoms with E-state index in [4.69, 9.17) is 0 Å². The Morgan fingerprint density at radius 3 is 2.00 bits per heavy atom. The van der Waals surface area contributed by atoms with Crippen LogP contribution in [0.5, 0.6) is 0 Å². The number of hydrogen-bond acceptors (Lipinski definition) is 6. The van der Waals surface area contributed by atoms with Crippen LogP contribution in [0.1, 0.15) is 1.43 Å². The Balaban J connectivity index is -0.000000320. The average molecular weight is 167 g/mol. The van der Waals surface area contributed by atoms with Gasteiger partial charge in [-0.1, -0.05) is 0 Å². The van der Waals surface area contributed by atoms with Gasteiger partial charge in [-0.3, -0.25) is 10.1 Å². The number of hydrogen-bond donors (Lipinski definition) is 0. The Labute approximate surface area is 71.1 Å². The van der Waals surface area contributed by atoms with Gasteiger partial charge >= 0.3 is 25.6 Å². The molecule has 10 heavy (non-hydrogen) atoms. The van der Waals surface area contributed by atoms with Crippen LogP contribution in [0, 0.1) is 20.4 Å². The summed E-state index contributed by atoms with van der Waals surface area (Å²) in [5.41, 5.74) is 0. The third kappa shape index (κ3) is 11.0. The second-order valence-corrected chi connectivity index (χ2v) is 1.92. The molecule has 0 aromatic heterocycles. The molecule has 0 bridgehead atoms. The minimum atomic E-state index is -4.66. The normalized spacial score (nSPS) is 10.3. The van der Waals surface area contributed by atoms with Crippen LogP contribution in [-0.2, 0) is 4.29 Å². The third-order valence-electron chi connectivity index (χ3n) is 0.288. The summed E-state index contributed by atoms with van der Waals surface area (Å²) in [5.74, 6) is 0. The molecule has 9 heteroatoms. The molecule has 0 aliphatic heterocycles. The first kappa shape index (κ1) is 12.8. The largest absolute Gasteiger partial charge is 1.00 e. The molecule has 7 nitrogen and oxygen atoms in total.